The van der Waals surface area contributed by atoms with E-state index in [1.54, 1.807) is 29.9 Å². The first-order valence-electron chi connectivity index (χ1n) is 8.56. The maximum atomic E-state index is 12.5. The van der Waals surface area contributed by atoms with Gasteiger partial charge in [-0.2, -0.15) is 0 Å². The van der Waals surface area contributed by atoms with Gasteiger partial charge in [0.1, 0.15) is 6.33 Å². The highest BCUT2D eigenvalue weighted by atomic mass is 16.1. The second-order valence-corrected chi connectivity index (χ2v) is 6.48. The highest BCUT2D eigenvalue weighted by Crippen LogP contribution is 2.36. The lowest BCUT2D eigenvalue weighted by Crippen LogP contribution is -2.38. The van der Waals surface area contributed by atoms with Gasteiger partial charge in [-0.3, -0.25) is 9.36 Å². The predicted octanol–water partition coefficient (Wildman–Crippen LogP) is 2.52. The fourth-order valence-electron chi connectivity index (χ4n) is 3.73. The molecule has 4 rings (SSSR count). The molecule has 0 radical (unpaired) electrons. The molecule has 2 aromatic heterocycles. The van der Waals surface area contributed by atoms with Crippen LogP contribution < -0.4 is 10.5 Å². The van der Waals surface area contributed by atoms with E-state index in [-0.39, 0.29) is 5.56 Å². The minimum atomic E-state index is -0.0628. The molecule has 124 valence electrons. The molecule has 3 heterocycles. The first kappa shape index (κ1) is 15.1. The molecule has 1 saturated heterocycles. The van der Waals surface area contributed by atoms with E-state index in [0.717, 1.165) is 19.4 Å². The monoisotopic (exact) mass is 323 g/mol. The molecule has 1 aliphatic carbocycles. The zero-order chi connectivity index (χ0) is 16.5. The van der Waals surface area contributed by atoms with Crippen molar-refractivity contribution >= 4 is 5.95 Å². The van der Waals surface area contributed by atoms with Crippen molar-refractivity contribution in [3.05, 3.63) is 46.8 Å². The SMILES string of the molecule is Cn1c(N2CCC[C@@H]3CCCC=C32)nc(-c2ccncn2)cc1=O. The van der Waals surface area contributed by atoms with Crippen LogP contribution in [0.3, 0.4) is 0 Å². The Bertz CT molecular complexity index is 827. The largest absolute Gasteiger partial charge is 0.316 e. The molecule has 24 heavy (non-hydrogen) atoms. The minimum Gasteiger partial charge on any atom is -0.316 e. The van der Waals surface area contributed by atoms with E-state index in [4.69, 9.17) is 4.98 Å². The third kappa shape index (κ3) is 2.62. The summed E-state index contributed by atoms with van der Waals surface area (Å²) < 4.78 is 1.64. The zero-order valence-electron chi connectivity index (χ0n) is 13.9. The normalized spacial score (nSPS) is 20.5. The van der Waals surface area contributed by atoms with Crippen LogP contribution in [-0.2, 0) is 7.05 Å². The lowest BCUT2D eigenvalue weighted by atomic mass is 9.85. The van der Waals surface area contributed by atoms with Crippen LogP contribution >= 0.6 is 0 Å². The molecule has 0 aromatic carbocycles. The molecule has 0 N–H and O–H groups in total. The van der Waals surface area contributed by atoms with Gasteiger partial charge in [0.05, 0.1) is 11.4 Å². The molecule has 6 heteroatoms. The fraction of sp³-hybridized carbons (Fsp3) is 0.444. The minimum absolute atomic E-state index is 0.0628. The smallest absolute Gasteiger partial charge is 0.255 e. The van der Waals surface area contributed by atoms with Gasteiger partial charge in [-0.15, -0.1) is 0 Å². The Balaban J connectivity index is 1.81. The van der Waals surface area contributed by atoms with Gasteiger partial charge < -0.3 is 4.90 Å². The maximum absolute atomic E-state index is 12.5. The Morgan fingerprint density at radius 1 is 1.21 bits per heavy atom. The topological polar surface area (TPSA) is 63.9 Å². The molecule has 0 spiro atoms. The van der Waals surface area contributed by atoms with E-state index in [2.05, 4.69) is 20.9 Å². The number of anilines is 1. The summed E-state index contributed by atoms with van der Waals surface area (Å²) in [6.45, 7) is 0.913. The number of nitrogens with zero attached hydrogens (tertiary/aromatic N) is 5. The van der Waals surface area contributed by atoms with Crippen molar-refractivity contribution in [1.82, 2.24) is 19.5 Å². The molecule has 2 aliphatic rings. The van der Waals surface area contributed by atoms with Crippen LogP contribution in [0.15, 0.2) is 41.2 Å². The number of fused-ring (bicyclic) bond motifs is 1. The van der Waals surface area contributed by atoms with Gasteiger partial charge in [0.25, 0.3) is 5.56 Å². The summed E-state index contributed by atoms with van der Waals surface area (Å²) in [4.78, 5) is 27.6. The van der Waals surface area contributed by atoms with Crippen molar-refractivity contribution in [2.75, 3.05) is 11.4 Å². The average Bonchev–Trinajstić information content (AvgIpc) is 2.64. The van der Waals surface area contributed by atoms with Crippen molar-refractivity contribution in [2.24, 2.45) is 13.0 Å². The Morgan fingerprint density at radius 2 is 2.08 bits per heavy atom. The molecular formula is C18H21N5O. The van der Waals surface area contributed by atoms with E-state index < -0.39 is 0 Å². The lowest BCUT2D eigenvalue weighted by molar-refractivity contribution is 0.413. The fourth-order valence-corrected chi connectivity index (χ4v) is 3.73. The standard InChI is InChI=1S/C18H21N5O/c1-22-17(24)11-15(14-8-9-19-12-20-14)21-18(22)23-10-4-6-13-5-2-3-7-16(13)23/h7-9,11-13H,2-6,10H2,1H3/t13-/m0/s1. The Morgan fingerprint density at radius 3 is 2.92 bits per heavy atom. The lowest BCUT2D eigenvalue weighted by Gasteiger charge is -2.39. The number of hydrogen-bond donors (Lipinski definition) is 0. The number of piperidine rings is 1. The highest BCUT2D eigenvalue weighted by molar-refractivity contribution is 5.56. The first-order chi connectivity index (χ1) is 11.7. The van der Waals surface area contributed by atoms with Gasteiger partial charge in [0.15, 0.2) is 0 Å². The molecule has 1 fully saturated rings. The second-order valence-electron chi connectivity index (χ2n) is 6.48. The van der Waals surface area contributed by atoms with Crippen LogP contribution in [0, 0.1) is 5.92 Å². The van der Waals surface area contributed by atoms with Gasteiger partial charge in [-0.05, 0) is 44.1 Å². The van der Waals surface area contributed by atoms with Crippen LogP contribution in [0.5, 0.6) is 0 Å². The quantitative estimate of drug-likeness (QED) is 0.850. The summed E-state index contributed by atoms with van der Waals surface area (Å²) in [5.41, 5.74) is 2.56. The molecule has 0 saturated carbocycles. The van der Waals surface area contributed by atoms with Crippen molar-refractivity contribution < 1.29 is 0 Å². The average molecular weight is 323 g/mol. The Kier molecular flexibility index (Phi) is 3.88. The third-order valence-corrected chi connectivity index (χ3v) is 4.97. The van der Waals surface area contributed by atoms with E-state index >= 15 is 0 Å². The van der Waals surface area contributed by atoms with Crippen molar-refractivity contribution in [3.8, 4) is 11.4 Å². The zero-order valence-corrected chi connectivity index (χ0v) is 13.9. The number of aromatic nitrogens is 4. The summed E-state index contributed by atoms with van der Waals surface area (Å²) in [5.74, 6) is 1.32. The third-order valence-electron chi connectivity index (χ3n) is 4.97. The van der Waals surface area contributed by atoms with Gasteiger partial charge in [-0.1, -0.05) is 6.08 Å². The van der Waals surface area contributed by atoms with E-state index in [1.807, 2.05) is 0 Å². The number of allylic oxidation sites excluding steroid dienone is 2. The number of rotatable bonds is 2. The second kappa shape index (κ2) is 6.19. The maximum Gasteiger partial charge on any atom is 0.255 e. The molecule has 0 unspecified atom stereocenters. The van der Waals surface area contributed by atoms with E-state index in [1.165, 1.54) is 31.3 Å². The van der Waals surface area contributed by atoms with Gasteiger partial charge >= 0.3 is 0 Å². The van der Waals surface area contributed by atoms with Crippen LogP contribution in [-0.4, -0.2) is 26.1 Å². The molecule has 0 amide bonds. The van der Waals surface area contributed by atoms with Crippen molar-refractivity contribution in [1.29, 1.82) is 0 Å². The molecule has 6 nitrogen and oxygen atoms in total. The van der Waals surface area contributed by atoms with Crippen molar-refractivity contribution in [3.63, 3.8) is 0 Å². The summed E-state index contributed by atoms with van der Waals surface area (Å²) in [7, 11) is 1.79. The van der Waals surface area contributed by atoms with Crippen LogP contribution in [0.4, 0.5) is 5.95 Å². The van der Waals surface area contributed by atoms with Crippen molar-refractivity contribution in [2.45, 2.75) is 32.1 Å². The van der Waals surface area contributed by atoms with E-state index in [0.29, 0.717) is 23.3 Å². The van der Waals surface area contributed by atoms with Gasteiger partial charge in [-0.25, -0.2) is 15.0 Å². The van der Waals surface area contributed by atoms with Gasteiger partial charge in [0, 0.05) is 31.6 Å². The molecule has 1 aliphatic heterocycles. The molecule has 1 atom stereocenters. The molecular weight excluding hydrogens is 302 g/mol. The number of hydrogen-bond acceptors (Lipinski definition) is 5. The summed E-state index contributed by atoms with van der Waals surface area (Å²) in [6.07, 6.45) is 11.5. The predicted molar refractivity (Wildman–Crippen MR) is 92.5 cm³/mol. The van der Waals surface area contributed by atoms with E-state index in [9.17, 15) is 4.79 Å². The van der Waals surface area contributed by atoms with Gasteiger partial charge in [0.2, 0.25) is 5.95 Å². The molecule has 2 aromatic rings. The van der Waals surface area contributed by atoms with Crippen LogP contribution in [0.2, 0.25) is 0 Å². The first-order valence-corrected chi connectivity index (χ1v) is 8.56. The van der Waals surface area contributed by atoms with Crippen LogP contribution in [0.25, 0.3) is 11.4 Å². The summed E-state index contributed by atoms with van der Waals surface area (Å²) >= 11 is 0. The van der Waals surface area contributed by atoms with Crippen LogP contribution in [0.1, 0.15) is 32.1 Å². The summed E-state index contributed by atoms with van der Waals surface area (Å²) in [6, 6.07) is 3.33. The highest BCUT2D eigenvalue weighted by Gasteiger charge is 2.29. The molecule has 0 bridgehead atoms. The summed E-state index contributed by atoms with van der Waals surface area (Å²) in [5, 5.41) is 0. The Labute approximate surface area is 140 Å². The Hall–Kier alpha value is -2.50.